The summed E-state index contributed by atoms with van der Waals surface area (Å²) in [7, 11) is 0. The van der Waals surface area contributed by atoms with Gasteiger partial charge in [-0.1, -0.05) is 60.7 Å². The zero-order valence-electron chi connectivity index (χ0n) is 20.7. The first kappa shape index (κ1) is 27.1. The predicted octanol–water partition coefficient (Wildman–Crippen LogP) is 3.06. The Morgan fingerprint density at radius 2 is 1.58 bits per heavy atom. The molecule has 1 heterocycles. The summed E-state index contributed by atoms with van der Waals surface area (Å²) < 4.78 is 10.4. The van der Waals surface area contributed by atoms with Crippen LogP contribution in [0, 0.1) is 11.8 Å². The van der Waals surface area contributed by atoms with Crippen molar-refractivity contribution in [1.29, 1.82) is 0 Å². The fraction of sp³-hybridized carbons (Fsp3) is 0.429. The minimum absolute atomic E-state index is 0.0189. The number of nitrogens with zero attached hydrogens (tertiary/aromatic N) is 1. The summed E-state index contributed by atoms with van der Waals surface area (Å²) in [6, 6.07) is 17.9. The van der Waals surface area contributed by atoms with Crippen LogP contribution in [0.3, 0.4) is 0 Å². The lowest BCUT2D eigenvalue weighted by molar-refractivity contribution is -0.158. The van der Waals surface area contributed by atoms with Gasteiger partial charge in [-0.05, 0) is 31.4 Å². The standard InChI is InChI=1S/C28H33NO7/c1-3-35-28(34)26(32)25-22(16-19(2)30)27(33)29(17-20-10-6-4-7-11-20)23(25)14-15-24(31)36-18-21-12-8-5-9-13-21/h4-13,22-23,25-26,32H,3,14-18H2,1-2H3/t22-,23-,25+,26-/m0/s1. The molecule has 0 radical (unpaired) electrons. The normalized spacial score (nSPS) is 20.1. The Balaban J connectivity index is 1.83. The number of carbonyl (C=O) groups excluding carboxylic acids is 4. The Labute approximate surface area is 211 Å². The van der Waals surface area contributed by atoms with Gasteiger partial charge >= 0.3 is 11.9 Å². The quantitative estimate of drug-likeness (QED) is 0.451. The molecule has 1 aliphatic rings. The number of esters is 2. The van der Waals surface area contributed by atoms with Gasteiger partial charge in [0.1, 0.15) is 12.4 Å². The van der Waals surface area contributed by atoms with Gasteiger partial charge in [-0.3, -0.25) is 9.59 Å². The smallest absolute Gasteiger partial charge is 0.335 e. The average molecular weight is 496 g/mol. The molecule has 1 fully saturated rings. The second-order valence-corrected chi connectivity index (χ2v) is 8.99. The highest BCUT2D eigenvalue weighted by molar-refractivity contribution is 5.89. The van der Waals surface area contributed by atoms with Crippen molar-refractivity contribution >= 4 is 23.6 Å². The highest BCUT2D eigenvalue weighted by Gasteiger charge is 2.52. The fourth-order valence-electron chi connectivity index (χ4n) is 4.76. The molecule has 2 aromatic carbocycles. The van der Waals surface area contributed by atoms with Crippen molar-refractivity contribution in [2.75, 3.05) is 6.61 Å². The number of hydrogen-bond acceptors (Lipinski definition) is 7. The largest absolute Gasteiger partial charge is 0.464 e. The molecule has 4 atom stereocenters. The summed E-state index contributed by atoms with van der Waals surface area (Å²) in [6.45, 7) is 3.41. The van der Waals surface area contributed by atoms with E-state index in [0.717, 1.165) is 11.1 Å². The van der Waals surface area contributed by atoms with E-state index in [1.165, 1.54) is 6.92 Å². The zero-order chi connectivity index (χ0) is 26.1. The summed E-state index contributed by atoms with van der Waals surface area (Å²) in [5, 5.41) is 10.9. The fourth-order valence-corrected chi connectivity index (χ4v) is 4.76. The van der Waals surface area contributed by atoms with E-state index in [9.17, 15) is 24.3 Å². The Hall–Kier alpha value is -3.52. The molecular weight excluding hydrogens is 462 g/mol. The number of ketones is 1. The topological polar surface area (TPSA) is 110 Å². The maximum atomic E-state index is 13.5. The number of carbonyl (C=O) groups is 4. The maximum Gasteiger partial charge on any atom is 0.335 e. The molecule has 2 aromatic rings. The number of aliphatic hydroxyl groups excluding tert-OH is 1. The molecule has 0 aliphatic carbocycles. The van der Waals surface area contributed by atoms with Gasteiger partial charge in [0.05, 0.1) is 12.5 Å². The number of ether oxygens (including phenoxy) is 2. The lowest BCUT2D eigenvalue weighted by atomic mass is 9.81. The van der Waals surface area contributed by atoms with E-state index in [2.05, 4.69) is 0 Å². The molecule has 0 saturated carbocycles. The van der Waals surface area contributed by atoms with Crippen LogP contribution in [0.1, 0.15) is 44.2 Å². The Bertz CT molecular complexity index is 1040. The van der Waals surface area contributed by atoms with Crippen molar-refractivity contribution in [3.05, 3.63) is 71.8 Å². The summed E-state index contributed by atoms with van der Waals surface area (Å²) in [6.07, 6.45) is -1.57. The van der Waals surface area contributed by atoms with Gasteiger partial charge in [-0.15, -0.1) is 0 Å². The van der Waals surface area contributed by atoms with Crippen molar-refractivity contribution in [3.8, 4) is 0 Å². The van der Waals surface area contributed by atoms with E-state index >= 15 is 0 Å². The Morgan fingerprint density at radius 1 is 0.972 bits per heavy atom. The van der Waals surface area contributed by atoms with Gasteiger partial charge in [0.25, 0.3) is 0 Å². The summed E-state index contributed by atoms with van der Waals surface area (Å²) in [5.41, 5.74) is 1.71. The van der Waals surface area contributed by atoms with E-state index in [1.807, 2.05) is 60.7 Å². The lowest BCUT2D eigenvalue weighted by Crippen LogP contribution is -2.42. The summed E-state index contributed by atoms with van der Waals surface area (Å²) in [4.78, 5) is 52.2. The zero-order valence-corrected chi connectivity index (χ0v) is 20.7. The molecular formula is C28H33NO7. The van der Waals surface area contributed by atoms with Crippen molar-refractivity contribution in [1.82, 2.24) is 4.90 Å². The number of Topliss-reactive ketones (excluding diaryl/α,β-unsaturated/α-hetero) is 1. The minimum Gasteiger partial charge on any atom is -0.464 e. The third-order valence-corrected chi connectivity index (χ3v) is 6.39. The maximum absolute atomic E-state index is 13.5. The number of amides is 1. The van der Waals surface area contributed by atoms with Crippen LogP contribution in [0.15, 0.2) is 60.7 Å². The molecule has 192 valence electrons. The first-order valence-corrected chi connectivity index (χ1v) is 12.2. The third-order valence-electron chi connectivity index (χ3n) is 6.39. The van der Waals surface area contributed by atoms with Gasteiger partial charge in [0.2, 0.25) is 5.91 Å². The summed E-state index contributed by atoms with van der Waals surface area (Å²) >= 11 is 0. The predicted molar refractivity (Wildman–Crippen MR) is 131 cm³/mol. The molecule has 1 saturated heterocycles. The van der Waals surface area contributed by atoms with Crippen LogP contribution in [0.4, 0.5) is 0 Å². The third kappa shape index (κ3) is 7.01. The van der Waals surface area contributed by atoms with Crippen LogP contribution < -0.4 is 0 Å². The summed E-state index contributed by atoms with van der Waals surface area (Å²) in [5.74, 6) is -3.64. The van der Waals surface area contributed by atoms with Crippen LogP contribution in [-0.4, -0.2) is 52.4 Å². The number of benzene rings is 2. The van der Waals surface area contributed by atoms with E-state index in [4.69, 9.17) is 9.47 Å². The van der Waals surface area contributed by atoms with Crippen LogP contribution in [0.25, 0.3) is 0 Å². The molecule has 0 spiro atoms. The van der Waals surface area contributed by atoms with E-state index in [0.29, 0.717) is 0 Å². The highest BCUT2D eigenvalue weighted by atomic mass is 16.5. The second-order valence-electron chi connectivity index (χ2n) is 8.99. The molecule has 0 aromatic heterocycles. The molecule has 0 bridgehead atoms. The molecule has 0 unspecified atom stereocenters. The van der Waals surface area contributed by atoms with Crippen molar-refractivity contribution in [2.45, 2.75) is 58.4 Å². The number of likely N-dealkylation sites (tertiary alicyclic amines) is 1. The number of hydrogen-bond donors (Lipinski definition) is 1. The lowest BCUT2D eigenvalue weighted by Gasteiger charge is -2.30. The van der Waals surface area contributed by atoms with Gasteiger partial charge in [0.15, 0.2) is 6.10 Å². The first-order valence-electron chi connectivity index (χ1n) is 12.2. The first-order chi connectivity index (χ1) is 17.3. The van der Waals surface area contributed by atoms with Crippen LogP contribution in [0.5, 0.6) is 0 Å². The van der Waals surface area contributed by atoms with Crippen LogP contribution in [-0.2, 0) is 41.8 Å². The molecule has 8 heteroatoms. The molecule has 1 N–H and O–H groups in total. The Kier molecular flexibility index (Phi) is 9.76. The molecule has 1 amide bonds. The SMILES string of the molecule is CCOC(=O)[C@@H](O)[C@@H]1[C@H](CC(C)=O)C(=O)N(Cc2ccccc2)[C@H]1CCC(=O)OCc1ccccc1. The average Bonchev–Trinajstić information content (AvgIpc) is 3.12. The monoisotopic (exact) mass is 495 g/mol. The second kappa shape index (κ2) is 13.0. The van der Waals surface area contributed by atoms with Crippen molar-refractivity contribution in [3.63, 3.8) is 0 Å². The number of aliphatic hydroxyl groups is 1. The minimum atomic E-state index is -1.61. The highest BCUT2D eigenvalue weighted by Crippen LogP contribution is 2.39. The van der Waals surface area contributed by atoms with Gasteiger partial charge in [-0.25, -0.2) is 4.79 Å². The van der Waals surface area contributed by atoms with E-state index in [1.54, 1.807) is 11.8 Å². The molecule has 1 aliphatic heterocycles. The van der Waals surface area contributed by atoms with Crippen LogP contribution in [0.2, 0.25) is 0 Å². The molecule has 36 heavy (non-hydrogen) atoms. The van der Waals surface area contributed by atoms with Gasteiger partial charge in [0, 0.05) is 31.3 Å². The number of rotatable bonds is 12. The van der Waals surface area contributed by atoms with E-state index in [-0.39, 0.29) is 50.7 Å². The van der Waals surface area contributed by atoms with Crippen molar-refractivity contribution in [2.24, 2.45) is 11.8 Å². The van der Waals surface area contributed by atoms with Crippen LogP contribution >= 0.6 is 0 Å². The van der Waals surface area contributed by atoms with Crippen molar-refractivity contribution < 1.29 is 33.8 Å². The molecule has 8 nitrogen and oxygen atoms in total. The van der Waals surface area contributed by atoms with E-state index < -0.39 is 35.9 Å². The van der Waals surface area contributed by atoms with Gasteiger partial charge < -0.3 is 24.3 Å². The Morgan fingerprint density at radius 3 is 2.17 bits per heavy atom. The molecule has 3 rings (SSSR count). The van der Waals surface area contributed by atoms with Gasteiger partial charge in [-0.2, -0.15) is 0 Å².